The molecule has 5 heteroatoms. The summed E-state index contributed by atoms with van der Waals surface area (Å²) in [6, 6.07) is 3.90. The summed E-state index contributed by atoms with van der Waals surface area (Å²) >= 11 is 0. The normalized spacial score (nSPS) is 15.9. The number of nitrogens with one attached hydrogen (secondary N) is 1. The van der Waals surface area contributed by atoms with Crippen LogP contribution >= 0.6 is 0 Å². The number of hydrogen-bond acceptors (Lipinski definition) is 4. The fourth-order valence-electron chi connectivity index (χ4n) is 3.52. The largest absolute Gasteiger partial charge is 0.385 e. The van der Waals surface area contributed by atoms with E-state index in [2.05, 4.69) is 16.2 Å². The van der Waals surface area contributed by atoms with Crippen LogP contribution in [0.1, 0.15) is 41.6 Å². The molecule has 0 unspecified atom stereocenters. The van der Waals surface area contributed by atoms with Crippen molar-refractivity contribution in [1.29, 1.82) is 0 Å². The third kappa shape index (κ3) is 3.84. The van der Waals surface area contributed by atoms with Gasteiger partial charge in [-0.1, -0.05) is 0 Å². The number of methoxy groups -OCH3 is 1. The van der Waals surface area contributed by atoms with Gasteiger partial charge in [0.05, 0.1) is 5.52 Å². The van der Waals surface area contributed by atoms with Gasteiger partial charge < -0.3 is 10.1 Å². The average Bonchev–Trinajstić information content (AvgIpc) is 3.00. The van der Waals surface area contributed by atoms with Gasteiger partial charge in [-0.3, -0.25) is 9.48 Å². The number of rotatable bonds is 7. The predicted molar refractivity (Wildman–Crippen MR) is 95.5 cm³/mol. The first-order valence-corrected chi connectivity index (χ1v) is 8.88. The van der Waals surface area contributed by atoms with E-state index < -0.39 is 0 Å². The summed E-state index contributed by atoms with van der Waals surface area (Å²) in [6.07, 6.45) is 5.82. The highest BCUT2D eigenvalue weighted by molar-refractivity contribution is 6.01. The smallest absolute Gasteiger partial charge is 0.163 e. The Morgan fingerprint density at radius 1 is 1.38 bits per heavy atom. The molecular weight excluding hydrogens is 302 g/mol. The molecule has 24 heavy (non-hydrogen) atoms. The highest BCUT2D eigenvalue weighted by atomic mass is 16.5. The van der Waals surface area contributed by atoms with Gasteiger partial charge in [-0.2, -0.15) is 5.10 Å². The lowest BCUT2D eigenvalue weighted by atomic mass is 9.98. The molecule has 3 rings (SSSR count). The molecule has 0 aliphatic carbocycles. The molecule has 0 spiro atoms. The third-order valence-electron chi connectivity index (χ3n) is 4.96. The molecule has 0 atom stereocenters. The number of ketones is 1. The van der Waals surface area contributed by atoms with Crippen molar-refractivity contribution in [3.63, 3.8) is 0 Å². The maximum Gasteiger partial charge on any atom is 0.163 e. The molecule has 1 aromatic carbocycles. The quantitative estimate of drug-likeness (QED) is 0.627. The number of hydrogen-bond donors (Lipinski definition) is 1. The lowest BCUT2D eigenvalue weighted by molar-refractivity contribution is 0.0963. The summed E-state index contributed by atoms with van der Waals surface area (Å²) in [5.74, 6) is 0.883. The first-order chi connectivity index (χ1) is 11.7. The number of fused-ring (bicyclic) bond motifs is 1. The Morgan fingerprint density at radius 2 is 2.17 bits per heavy atom. The molecule has 0 amide bonds. The van der Waals surface area contributed by atoms with Crippen molar-refractivity contribution < 1.29 is 9.53 Å². The van der Waals surface area contributed by atoms with Gasteiger partial charge in [0.15, 0.2) is 5.78 Å². The van der Waals surface area contributed by atoms with Crippen LogP contribution in [0.4, 0.5) is 0 Å². The Kier molecular flexibility index (Phi) is 5.63. The molecule has 2 aromatic rings. The zero-order valence-corrected chi connectivity index (χ0v) is 14.7. The topological polar surface area (TPSA) is 56.1 Å². The summed E-state index contributed by atoms with van der Waals surface area (Å²) in [5, 5.41) is 9.21. The van der Waals surface area contributed by atoms with E-state index in [4.69, 9.17) is 9.84 Å². The number of nitrogens with zero attached hydrogens (tertiary/aromatic N) is 2. The standard InChI is InChI=1S/C19H27N3O2/c1-14-16(19(23)4-3-11-24-2)5-6-18-17(14)13-22(21-18)12-15-7-9-20-10-8-15/h5-6,13,15,20H,3-4,7-12H2,1-2H3. The molecule has 1 aliphatic heterocycles. The Morgan fingerprint density at radius 3 is 2.92 bits per heavy atom. The summed E-state index contributed by atoms with van der Waals surface area (Å²) in [6.45, 7) is 5.83. The van der Waals surface area contributed by atoms with E-state index in [0.717, 1.165) is 48.1 Å². The van der Waals surface area contributed by atoms with Gasteiger partial charge in [-0.05, 0) is 62.9 Å². The second kappa shape index (κ2) is 7.90. The lowest BCUT2D eigenvalue weighted by Crippen LogP contribution is -2.29. The van der Waals surface area contributed by atoms with Crippen LogP contribution in [-0.2, 0) is 11.3 Å². The number of aryl methyl sites for hydroxylation is 1. The van der Waals surface area contributed by atoms with E-state index >= 15 is 0 Å². The molecule has 5 nitrogen and oxygen atoms in total. The molecular formula is C19H27N3O2. The van der Waals surface area contributed by atoms with E-state index in [0.29, 0.717) is 18.9 Å². The van der Waals surface area contributed by atoms with Gasteiger partial charge in [0.25, 0.3) is 0 Å². The number of aromatic nitrogens is 2. The summed E-state index contributed by atoms with van der Waals surface area (Å²) in [4.78, 5) is 12.4. The van der Waals surface area contributed by atoms with Crippen LogP contribution in [0.15, 0.2) is 18.3 Å². The van der Waals surface area contributed by atoms with E-state index in [9.17, 15) is 4.79 Å². The van der Waals surface area contributed by atoms with Gasteiger partial charge in [0, 0.05) is 43.8 Å². The molecule has 1 N–H and O–H groups in total. The van der Waals surface area contributed by atoms with E-state index in [-0.39, 0.29) is 5.78 Å². The zero-order chi connectivity index (χ0) is 16.9. The number of carbonyl (C=O) groups is 1. The minimum Gasteiger partial charge on any atom is -0.385 e. The molecule has 1 saturated heterocycles. The third-order valence-corrected chi connectivity index (χ3v) is 4.96. The maximum atomic E-state index is 12.4. The Hall–Kier alpha value is -1.72. The summed E-state index contributed by atoms with van der Waals surface area (Å²) in [5.41, 5.74) is 2.85. The predicted octanol–water partition coefficient (Wildman–Crippen LogP) is 2.95. The minimum absolute atomic E-state index is 0.192. The summed E-state index contributed by atoms with van der Waals surface area (Å²) < 4.78 is 7.10. The van der Waals surface area contributed by atoms with Crippen LogP contribution in [0, 0.1) is 12.8 Å². The molecule has 130 valence electrons. The van der Waals surface area contributed by atoms with Crippen LogP contribution in [-0.4, -0.2) is 42.4 Å². The fourth-order valence-corrected chi connectivity index (χ4v) is 3.52. The highest BCUT2D eigenvalue weighted by Crippen LogP contribution is 2.23. The number of benzene rings is 1. The second-order valence-corrected chi connectivity index (χ2v) is 6.73. The zero-order valence-electron chi connectivity index (χ0n) is 14.7. The van der Waals surface area contributed by atoms with Crippen molar-refractivity contribution in [2.24, 2.45) is 5.92 Å². The Balaban J connectivity index is 1.76. The van der Waals surface area contributed by atoms with E-state index in [1.54, 1.807) is 7.11 Å². The first-order valence-electron chi connectivity index (χ1n) is 8.88. The van der Waals surface area contributed by atoms with Gasteiger partial charge in [0.2, 0.25) is 0 Å². The highest BCUT2D eigenvalue weighted by Gasteiger charge is 2.16. The lowest BCUT2D eigenvalue weighted by Gasteiger charge is -2.22. The Labute approximate surface area is 143 Å². The molecule has 1 aromatic heterocycles. The van der Waals surface area contributed by atoms with Crippen molar-refractivity contribution in [2.45, 2.75) is 39.2 Å². The van der Waals surface area contributed by atoms with Crippen LogP contribution in [0.2, 0.25) is 0 Å². The van der Waals surface area contributed by atoms with Gasteiger partial charge in [-0.25, -0.2) is 0 Å². The monoisotopic (exact) mass is 329 g/mol. The summed E-state index contributed by atoms with van der Waals surface area (Å²) in [7, 11) is 1.67. The first kappa shape index (κ1) is 17.1. The molecule has 1 aliphatic rings. The van der Waals surface area contributed by atoms with Crippen LogP contribution in [0.25, 0.3) is 10.9 Å². The van der Waals surface area contributed by atoms with Gasteiger partial charge in [0.1, 0.15) is 0 Å². The number of ether oxygens (including phenoxy) is 1. The number of piperidine rings is 1. The minimum atomic E-state index is 0.192. The number of Topliss-reactive ketones (excluding diaryl/α,β-unsaturated/α-hetero) is 1. The van der Waals surface area contributed by atoms with Crippen LogP contribution < -0.4 is 5.32 Å². The van der Waals surface area contributed by atoms with Crippen molar-refractivity contribution in [3.05, 3.63) is 29.5 Å². The van der Waals surface area contributed by atoms with E-state index in [1.807, 2.05) is 19.1 Å². The van der Waals surface area contributed by atoms with Crippen molar-refractivity contribution >= 4 is 16.7 Å². The molecule has 1 fully saturated rings. The van der Waals surface area contributed by atoms with E-state index in [1.165, 1.54) is 12.8 Å². The SMILES string of the molecule is COCCCC(=O)c1ccc2nn(CC3CCNCC3)cc2c1C. The number of carbonyl (C=O) groups excluding carboxylic acids is 1. The maximum absolute atomic E-state index is 12.4. The molecule has 0 saturated carbocycles. The van der Waals surface area contributed by atoms with Crippen LogP contribution in [0.5, 0.6) is 0 Å². The molecule has 0 bridgehead atoms. The van der Waals surface area contributed by atoms with Crippen molar-refractivity contribution in [1.82, 2.24) is 15.1 Å². The molecule has 0 radical (unpaired) electrons. The second-order valence-electron chi connectivity index (χ2n) is 6.73. The van der Waals surface area contributed by atoms with Crippen molar-refractivity contribution in [2.75, 3.05) is 26.8 Å². The van der Waals surface area contributed by atoms with Gasteiger partial charge >= 0.3 is 0 Å². The molecule has 2 heterocycles. The van der Waals surface area contributed by atoms with Gasteiger partial charge in [-0.15, -0.1) is 0 Å². The average molecular weight is 329 g/mol. The van der Waals surface area contributed by atoms with Crippen molar-refractivity contribution in [3.8, 4) is 0 Å². The fraction of sp³-hybridized carbons (Fsp3) is 0.579. The Bertz CT molecular complexity index is 702. The van der Waals surface area contributed by atoms with Crippen LogP contribution in [0.3, 0.4) is 0 Å².